The molecule has 55 heavy (non-hydrogen) atoms. The average Bonchev–Trinajstić information content (AvgIpc) is 3.20. The van der Waals surface area contributed by atoms with Gasteiger partial charge in [0.15, 0.2) is 0 Å². The van der Waals surface area contributed by atoms with Crippen molar-refractivity contribution >= 4 is 40.8 Å². The maximum atomic E-state index is 11.8. The predicted molar refractivity (Wildman–Crippen MR) is 210 cm³/mol. The molecule has 15 heteroatoms. The second-order valence-electron chi connectivity index (χ2n) is 12.5. The summed E-state index contributed by atoms with van der Waals surface area (Å²) in [7, 11) is 0. The highest BCUT2D eigenvalue weighted by atomic mass is 35.5. The number of ether oxygens (including phenoxy) is 3. The molecule has 0 radical (unpaired) electrons. The van der Waals surface area contributed by atoms with Gasteiger partial charge in [0.05, 0.1) is 28.8 Å². The van der Waals surface area contributed by atoms with Crippen molar-refractivity contribution in [2.24, 2.45) is 0 Å². The number of nitrogens with zero attached hydrogens (tertiary/aromatic N) is 3. The van der Waals surface area contributed by atoms with Gasteiger partial charge < -0.3 is 34.8 Å². The summed E-state index contributed by atoms with van der Waals surface area (Å²) in [5.74, 6) is -0.425. The number of hydrogen-bond acceptors (Lipinski definition) is 11. The Hall–Kier alpha value is -4.97. The topological polar surface area (TPSA) is 179 Å². The van der Waals surface area contributed by atoms with Crippen molar-refractivity contribution in [2.75, 3.05) is 32.9 Å². The molecule has 5 rings (SSSR count). The lowest BCUT2D eigenvalue weighted by atomic mass is 9.97. The number of hydrogen-bond donors (Lipinski definition) is 5. The quantitative estimate of drug-likeness (QED) is 0.0560. The number of rotatable bonds is 19. The van der Waals surface area contributed by atoms with Crippen LogP contribution in [0.1, 0.15) is 29.2 Å². The van der Waals surface area contributed by atoms with Crippen LogP contribution in [0.2, 0.25) is 15.1 Å². The standard InChI is InChI=1S/C40H38Cl3N5O7/c1-40(24-50,39(51)52)47-21-29-17-34(41)38(48-37(29)54-22-26-16-25(18-44)19-46-20-26)55-23-28-4-2-6-32(35(28)42)33-7-3-5-31(36(33)43)27-8-10-30(11-9-27)53-15-13-45-12-14-49/h2-11,16-17,19-20,45,47,49-50H,12-15,21-24H2,1H3,(H,51,52)/t40-/m0/s1. The van der Waals surface area contributed by atoms with Crippen LogP contribution in [-0.2, 0) is 24.6 Å². The van der Waals surface area contributed by atoms with Crippen molar-refractivity contribution in [3.63, 3.8) is 0 Å². The van der Waals surface area contributed by atoms with Gasteiger partial charge in [-0.05, 0) is 36.8 Å². The molecule has 3 aromatic carbocycles. The van der Waals surface area contributed by atoms with Crippen LogP contribution in [0, 0.1) is 11.3 Å². The van der Waals surface area contributed by atoms with Crippen molar-refractivity contribution in [2.45, 2.75) is 32.2 Å². The zero-order valence-electron chi connectivity index (χ0n) is 29.7. The highest BCUT2D eigenvalue weighted by Gasteiger charge is 2.32. The Bertz CT molecular complexity index is 2150. The van der Waals surface area contributed by atoms with Gasteiger partial charge >= 0.3 is 5.97 Å². The molecular weight excluding hydrogens is 769 g/mol. The molecule has 0 bridgehead atoms. The van der Waals surface area contributed by atoms with Gasteiger partial charge in [-0.15, -0.1) is 0 Å². The number of nitriles is 1. The zero-order chi connectivity index (χ0) is 39.4. The molecule has 0 amide bonds. The summed E-state index contributed by atoms with van der Waals surface area (Å²) in [4.78, 5) is 20.4. The van der Waals surface area contributed by atoms with Crippen molar-refractivity contribution in [3.8, 4) is 45.8 Å². The fourth-order valence-corrected chi connectivity index (χ4v) is 6.15. The van der Waals surface area contributed by atoms with Gasteiger partial charge in [0, 0.05) is 65.4 Å². The van der Waals surface area contributed by atoms with E-state index in [1.807, 2.05) is 66.7 Å². The number of halogens is 3. The largest absolute Gasteiger partial charge is 0.492 e. The highest BCUT2D eigenvalue weighted by Crippen LogP contribution is 2.41. The summed E-state index contributed by atoms with van der Waals surface area (Å²) in [6.45, 7) is 2.22. The number of carbonyl (C=O) groups is 1. The Kier molecular flexibility index (Phi) is 14.7. The number of benzene rings is 3. The fraction of sp³-hybridized carbons (Fsp3) is 0.250. The van der Waals surface area contributed by atoms with Gasteiger partial charge in [0.1, 0.15) is 42.2 Å². The first-order valence-corrected chi connectivity index (χ1v) is 18.2. The summed E-state index contributed by atoms with van der Waals surface area (Å²) in [5, 5.41) is 44.5. The van der Waals surface area contributed by atoms with Crippen molar-refractivity contribution in [3.05, 3.63) is 123 Å². The number of aromatic nitrogens is 2. The van der Waals surface area contributed by atoms with E-state index in [1.54, 1.807) is 12.3 Å². The number of pyridine rings is 2. The van der Waals surface area contributed by atoms with E-state index >= 15 is 0 Å². The molecule has 0 spiro atoms. The van der Waals surface area contributed by atoms with E-state index in [2.05, 4.69) is 20.6 Å². The van der Waals surface area contributed by atoms with Gasteiger partial charge in [-0.25, -0.2) is 0 Å². The molecular formula is C40H38Cl3N5O7. The number of aliphatic hydroxyl groups is 2. The summed E-state index contributed by atoms with van der Waals surface area (Å²) in [6, 6.07) is 24.0. The molecule has 0 saturated carbocycles. The Balaban J connectivity index is 1.36. The number of nitrogens with one attached hydrogen (secondary N) is 2. The first-order chi connectivity index (χ1) is 26.6. The normalized spacial score (nSPS) is 12.1. The number of aliphatic hydroxyl groups excluding tert-OH is 2. The maximum Gasteiger partial charge on any atom is 0.326 e. The number of aliphatic carboxylic acids is 1. The third kappa shape index (κ3) is 10.6. The van der Waals surface area contributed by atoms with E-state index in [0.717, 1.165) is 16.7 Å². The van der Waals surface area contributed by atoms with E-state index in [9.17, 15) is 20.3 Å². The van der Waals surface area contributed by atoms with Gasteiger partial charge in [0.25, 0.3) is 0 Å². The number of carboxylic acid groups (broad SMARTS) is 1. The molecule has 12 nitrogen and oxygen atoms in total. The number of carboxylic acids is 1. The van der Waals surface area contributed by atoms with Crippen LogP contribution < -0.4 is 24.8 Å². The van der Waals surface area contributed by atoms with Crippen LogP contribution in [-0.4, -0.2) is 69.7 Å². The fourth-order valence-electron chi connectivity index (χ4n) is 5.30. The van der Waals surface area contributed by atoms with E-state index in [1.165, 1.54) is 19.2 Å². The van der Waals surface area contributed by atoms with Gasteiger partial charge in [-0.2, -0.15) is 10.2 Å². The Morgan fingerprint density at radius 1 is 0.855 bits per heavy atom. The van der Waals surface area contributed by atoms with Crippen molar-refractivity contribution in [1.29, 1.82) is 5.26 Å². The molecule has 0 fully saturated rings. The van der Waals surface area contributed by atoms with Crippen LogP contribution in [0.5, 0.6) is 17.5 Å². The van der Waals surface area contributed by atoms with Crippen molar-refractivity contribution < 1.29 is 34.3 Å². The molecule has 0 unspecified atom stereocenters. The zero-order valence-corrected chi connectivity index (χ0v) is 32.0. The highest BCUT2D eigenvalue weighted by molar-refractivity contribution is 6.38. The molecule has 0 aliphatic rings. The molecule has 286 valence electrons. The third-order valence-corrected chi connectivity index (χ3v) is 9.60. The maximum absolute atomic E-state index is 11.8. The Labute approximate surface area is 333 Å². The van der Waals surface area contributed by atoms with E-state index < -0.39 is 18.1 Å². The van der Waals surface area contributed by atoms with Crippen LogP contribution >= 0.6 is 34.8 Å². The van der Waals surface area contributed by atoms with Crippen LogP contribution in [0.3, 0.4) is 0 Å². The summed E-state index contributed by atoms with van der Waals surface area (Å²) in [6.07, 6.45) is 2.97. The van der Waals surface area contributed by atoms with E-state index in [-0.39, 0.29) is 43.1 Å². The predicted octanol–water partition coefficient (Wildman–Crippen LogP) is 6.69. The van der Waals surface area contributed by atoms with Crippen molar-refractivity contribution in [1.82, 2.24) is 20.6 Å². The molecule has 2 aromatic heterocycles. The minimum atomic E-state index is -1.65. The second kappa shape index (κ2) is 19.6. The molecule has 0 aliphatic carbocycles. The van der Waals surface area contributed by atoms with E-state index in [0.29, 0.717) is 63.3 Å². The Morgan fingerprint density at radius 3 is 2.27 bits per heavy atom. The first-order valence-electron chi connectivity index (χ1n) is 17.1. The summed E-state index contributed by atoms with van der Waals surface area (Å²) in [5.41, 5.74) is 3.43. The average molecular weight is 807 g/mol. The molecule has 0 saturated heterocycles. The monoisotopic (exact) mass is 805 g/mol. The summed E-state index contributed by atoms with van der Waals surface area (Å²) < 4.78 is 17.9. The third-order valence-electron chi connectivity index (χ3n) is 8.47. The second-order valence-corrected chi connectivity index (χ2v) is 13.6. The molecule has 5 N–H and O–H groups in total. The van der Waals surface area contributed by atoms with Crippen LogP contribution in [0.4, 0.5) is 0 Å². The summed E-state index contributed by atoms with van der Waals surface area (Å²) >= 11 is 20.6. The van der Waals surface area contributed by atoms with Crippen LogP contribution in [0.25, 0.3) is 22.3 Å². The minimum Gasteiger partial charge on any atom is -0.492 e. The Morgan fingerprint density at radius 2 is 1.56 bits per heavy atom. The minimum absolute atomic E-state index is 0.0186. The lowest BCUT2D eigenvalue weighted by Crippen LogP contribution is -2.52. The van der Waals surface area contributed by atoms with Crippen LogP contribution in [0.15, 0.2) is 85.2 Å². The van der Waals surface area contributed by atoms with Gasteiger partial charge in [-0.1, -0.05) is 83.3 Å². The molecule has 2 heterocycles. The molecule has 1 atom stereocenters. The van der Waals surface area contributed by atoms with E-state index in [4.69, 9.17) is 54.1 Å². The lowest BCUT2D eigenvalue weighted by Gasteiger charge is -2.24. The molecule has 0 aliphatic heterocycles. The first kappa shape index (κ1) is 41.2. The van der Waals surface area contributed by atoms with Gasteiger partial charge in [-0.3, -0.25) is 15.1 Å². The molecule has 5 aromatic rings. The SMILES string of the molecule is C[C@@](CO)(NCc1cc(Cl)c(OCc2cccc(-c3cccc(-c4ccc(OCCNCCO)cc4)c3Cl)c2Cl)nc1OCc1cncc(C#N)c1)C(=O)O. The smallest absolute Gasteiger partial charge is 0.326 e. The lowest BCUT2D eigenvalue weighted by molar-refractivity contribution is -0.145. The van der Waals surface area contributed by atoms with Gasteiger partial charge in [0.2, 0.25) is 11.8 Å².